The average Bonchev–Trinajstić information content (AvgIpc) is 2.44. The molecule has 0 bridgehead atoms. The number of alkyl halides is 3. The lowest BCUT2D eigenvalue weighted by Crippen LogP contribution is -2.09. The van der Waals surface area contributed by atoms with Crippen LogP contribution in [-0.4, -0.2) is 4.98 Å². The van der Waals surface area contributed by atoms with Crippen LogP contribution in [-0.2, 0) is 12.6 Å². The van der Waals surface area contributed by atoms with Gasteiger partial charge < -0.3 is 0 Å². The molecule has 0 saturated carbocycles. The van der Waals surface area contributed by atoms with Crippen LogP contribution in [0.25, 0.3) is 11.3 Å². The van der Waals surface area contributed by atoms with Gasteiger partial charge in [0.1, 0.15) is 5.69 Å². The first kappa shape index (κ1) is 16.9. The molecule has 2 rings (SSSR count). The number of halogens is 6. The molecule has 0 N–H and O–H groups in total. The molecule has 0 radical (unpaired) electrons. The number of hydrogen-bond donors (Lipinski definition) is 0. The Morgan fingerprint density at radius 1 is 1.09 bits per heavy atom. The van der Waals surface area contributed by atoms with Gasteiger partial charge in [0.2, 0.25) is 0 Å². The average molecular weight is 366 g/mol. The monoisotopic (exact) mass is 364 g/mol. The second-order valence-electron chi connectivity index (χ2n) is 4.30. The van der Waals surface area contributed by atoms with Crippen molar-refractivity contribution in [3.8, 4) is 17.3 Å². The number of aromatic nitrogens is 1. The topological polar surface area (TPSA) is 36.7 Å². The predicted molar refractivity (Wildman–Crippen MR) is 79.0 cm³/mol. The van der Waals surface area contributed by atoms with E-state index in [0.29, 0.717) is 0 Å². The van der Waals surface area contributed by atoms with Crippen molar-refractivity contribution in [2.45, 2.75) is 12.6 Å². The van der Waals surface area contributed by atoms with Crippen LogP contribution in [0.3, 0.4) is 0 Å². The standard InChI is InChI=1S/C14H6Cl3F3N2/c15-9-2-1-8(12(16)13(9)17)10-5-7(3-4-21)6-11(22-10)14(18,19)20/h1-2,5-6H,3H2. The van der Waals surface area contributed by atoms with Crippen LogP contribution in [0.4, 0.5) is 13.2 Å². The predicted octanol–water partition coefficient (Wildman–Crippen LogP) is 5.79. The van der Waals surface area contributed by atoms with Crippen molar-refractivity contribution in [2.75, 3.05) is 0 Å². The molecule has 0 fully saturated rings. The first-order valence-corrected chi connectivity index (χ1v) is 6.96. The Balaban J connectivity index is 2.68. The summed E-state index contributed by atoms with van der Waals surface area (Å²) in [6, 6.07) is 6.84. The molecule has 22 heavy (non-hydrogen) atoms. The lowest BCUT2D eigenvalue weighted by molar-refractivity contribution is -0.141. The molecule has 0 aliphatic rings. The summed E-state index contributed by atoms with van der Waals surface area (Å²) >= 11 is 17.7. The zero-order chi connectivity index (χ0) is 16.5. The maximum atomic E-state index is 12.9. The summed E-state index contributed by atoms with van der Waals surface area (Å²) in [5, 5.41) is 8.91. The number of nitriles is 1. The highest BCUT2D eigenvalue weighted by Gasteiger charge is 2.33. The molecule has 1 aromatic heterocycles. The lowest BCUT2D eigenvalue weighted by Gasteiger charge is -2.12. The summed E-state index contributed by atoms with van der Waals surface area (Å²) in [5.41, 5.74) is -0.732. The highest BCUT2D eigenvalue weighted by molar-refractivity contribution is 6.49. The van der Waals surface area contributed by atoms with Gasteiger partial charge >= 0.3 is 6.18 Å². The largest absolute Gasteiger partial charge is 0.433 e. The molecule has 2 aromatic rings. The third-order valence-electron chi connectivity index (χ3n) is 2.77. The Bertz CT molecular complexity index is 767. The van der Waals surface area contributed by atoms with Gasteiger partial charge in [-0.15, -0.1) is 0 Å². The van der Waals surface area contributed by atoms with E-state index in [1.165, 1.54) is 18.2 Å². The molecule has 0 spiro atoms. The summed E-state index contributed by atoms with van der Waals surface area (Å²) in [5.74, 6) is 0. The van der Waals surface area contributed by atoms with E-state index in [2.05, 4.69) is 4.98 Å². The minimum absolute atomic E-state index is 0.00361. The number of benzene rings is 1. The molecule has 8 heteroatoms. The van der Waals surface area contributed by atoms with Crippen LogP contribution in [0.1, 0.15) is 11.3 Å². The van der Waals surface area contributed by atoms with Gasteiger partial charge in [0.05, 0.1) is 33.3 Å². The Labute approximate surface area is 139 Å². The van der Waals surface area contributed by atoms with E-state index < -0.39 is 11.9 Å². The zero-order valence-corrected chi connectivity index (χ0v) is 12.9. The van der Waals surface area contributed by atoms with Crippen molar-refractivity contribution in [2.24, 2.45) is 0 Å². The molecule has 1 aromatic carbocycles. The van der Waals surface area contributed by atoms with E-state index >= 15 is 0 Å². The van der Waals surface area contributed by atoms with E-state index in [-0.39, 0.29) is 38.3 Å². The molecular formula is C14H6Cl3F3N2. The molecule has 0 aliphatic heterocycles. The van der Waals surface area contributed by atoms with Gasteiger partial charge in [-0.1, -0.05) is 34.8 Å². The molecule has 0 unspecified atom stereocenters. The molecule has 114 valence electrons. The summed E-state index contributed by atoms with van der Waals surface area (Å²) in [6.07, 6.45) is -4.82. The SMILES string of the molecule is N#CCc1cc(-c2ccc(Cl)c(Cl)c2Cl)nc(C(F)(F)F)c1. The fourth-order valence-corrected chi connectivity index (χ4v) is 2.42. The van der Waals surface area contributed by atoms with Crippen LogP contribution < -0.4 is 0 Å². The van der Waals surface area contributed by atoms with Crippen molar-refractivity contribution >= 4 is 34.8 Å². The fraction of sp³-hybridized carbons (Fsp3) is 0.143. The van der Waals surface area contributed by atoms with Crippen molar-refractivity contribution in [3.63, 3.8) is 0 Å². The van der Waals surface area contributed by atoms with Gasteiger partial charge in [-0.25, -0.2) is 4.98 Å². The molecule has 0 aliphatic carbocycles. The van der Waals surface area contributed by atoms with Gasteiger partial charge in [-0.2, -0.15) is 18.4 Å². The Morgan fingerprint density at radius 2 is 1.77 bits per heavy atom. The number of rotatable bonds is 2. The van der Waals surface area contributed by atoms with Crippen molar-refractivity contribution in [1.29, 1.82) is 5.26 Å². The quantitative estimate of drug-likeness (QED) is 0.631. The van der Waals surface area contributed by atoms with E-state index in [0.717, 1.165) is 6.07 Å². The van der Waals surface area contributed by atoms with Gasteiger partial charge in [-0.3, -0.25) is 0 Å². The van der Waals surface area contributed by atoms with Crippen molar-refractivity contribution < 1.29 is 13.2 Å². The summed E-state index contributed by atoms with van der Waals surface area (Å²) in [7, 11) is 0. The van der Waals surface area contributed by atoms with Crippen LogP contribution in [0.5, 0.6) is 0 Å². The Hall–Kier alpha value is -1.48. The first-order chi connectivity index (χ1) is 10.2. The fourth-order valence-electron chi connectivity index (χ4n) is 1.79. The van der Waals surface area contributed by atoms with E-state index in [1.807, 2.05) is 0 Å². The first-order valence-electron chi connectivity index (χ1n) is 5.83. The van der Waals surface area contributed by atoms with E-state index in [4.69, 9.17) is 40.1 Å². The number of hydrogen-bond acceptors (Lipinski definition) is 2. The second kappa shape index (κ2) is 6.33. The lowest BCUT2D eigenvalue weighted by atomic mass is 10.1. The second-order valence-corrected chi connectivity index (χ2v) is 5.46. The normalized spacial score (nSPS) is 11.3. The van der Waals surface area contributed by atoms with Crippen LogP contribution >= 0.6 is 34.8 Å². The molecule has 0 saturated heterocycles. The Morgan fingerprint density at radius 3 is 2.36 bits per heavy atom. The molecule has 0 amide bonds. The van der Waals surface area contributed by atoms with Crippen LogP contribution in [0, 0.1) is 11.3 Å². The third kappa shape index (κ3) is 3.46. The molecule has 2 nitrogen and oxygen atoms in total. The number of nitrogens with zero attached hydrogens (tertiary/aromatic N) is 2. The summed E-state index contributed by atoms with van der Waals surface area (Å²) in [6.45, 7) is 0. The smallest absolute Gasteiger partial charge is 0.243 e. The van der Waals surface area contributed by atoms with Crippen LogP contribution in [0.15, 0.2) is 24.3 Å². The minimum atomic E-state index is -4.64. The maximum absolute atomic E-state index is 12.9. The van der Waals surface area contributed by atoms with E-state index in [1.54, 1.807) is 6.07 Å². The molecular weight excluding hydrogens is 360 g/mol. The summed E-state index contributed by atoms with van der Waals surface area (Å²) < 4.78 is 38.8. The van der Waals surface area contributed by atoms with Gasteiger partial charge in [0.15, 0.2) is 0 Å². The van der Waals surface area contributed by atoms with E-state index in [9.17, 15) is 13.2 Å². The maximum Gasteiger partial charge on any atom is 0.433 e. The van der Waals surface area contributed by atoms with Crippen molar-refractivity contribution in [1.82, 2.24) is 4.98 Å². The third-order valence-corrected chi connectivity index (χ3v) is 4.06. The highest BCUT2D eigenvalue weighted by atomic mass is 35.5. The zero-order valence-electron chi connectivity index (χ0n) is 10.7. The Kier molecular flexibility index (Phi) is 4.86. The molecule has 1 heterocycles. The van der Waals surface area contributed by atoms with Crippen LogP contribution in [0.2, 0.25) is 15.1 Å². The minimum Gasteiger partial charge on any atom is -0.243 e. The highest BCUT2D eigenvalue weighted by Crippen LogP contribution is 2.39. The van der Waals surface area contributed by atoms with Gasteiger partial charge in [-0.05, 0) is 29.8 Å². The van der Waals surface area contributed by atoms with Gasteiger partial charge in [0, 0.05) is 5.56 Å². The van der Waals surface area contributed by atoms with Gasteiger partial charge in [0.25, 0.3) is 0 Å². The molecule has 0 atom stereocenters. The summed E-state index contributed by atoms with van der Waals surface area (Å²) in [4.78, 5) is 3.57. The van der Waals surface area contributed by atoms with Crippen molar-refractivity contribution in [3.05, 3.63) is 50.6 Å². The number of pyridine rings is 1.